The summed E-state index contributed by atoms with van der Waals surface area (Å²) in [6.45, 7) is 1.71. The lowest BCUT2D eigenvalue weighted by Crippen LogP contribution is -2.13. The molecule has 4 heteroatoms. The van der Waals surface area contributed by atoms with E-state index in [4.69, 9.17) is 4.74 Å². The van der Waals surface area contributed by atoms with Crippen LogP contribution in [0.25, 0.3) is 0 Å². The third kappa shape index (κ3) is 1.50. The molecule has 0 aromatic carbocycles. The van der Waals surface area contributed by atoms with Gasteiger partial charge in [0.05, 0.1) is 12.6 Å². The van der Waals surface area contributed by atoms with Gasteiger partial charge in [-0.15, -0.1) is 0 Å². The van der Waals surface area contributed by atoms with Crippen molar-refractivity contribution in [2.24, 2.45) is 0 Å². The monoisotopic (exact) mass is 193 g/mol. The highest BCUT2D eigenvalue weighted by Gasteiger charge is 2.25. The van der Waals surface area contributed by atoms with Gasteiger partial charge in [0.1, 0.15) is 0 Å². The zero-order valence-corrected chi connectivity index (χ0v) is 8.15. The molecule has 1 saturated carbocycles. The molecule has 0 radical (unpaired) electrons. The van der Waals surface area contributed by atoms with E-state index in [-0.39, 0.29) is 0 Å². The summed E-state index contributed by atoms with van der Waals surface area (Å²) in [5.74, 6) is 1.02. The van der Waals surface area contributed by atoms with Crippen molar-refractivity contribution in [2.45, 2.75) is 31.3 Å². The molecule has 14 heavy (non-hydrogen) atoms. The fourth-order valence-electron chi connectivity index (χ4n) is 1.87. The van der Waals surface area contributed by atoms with E-state index in [9.17, 15) is 0 Å². The van der Waals surface area contributed by atoms with Crippen LogP contribution >= 0.6 is 0 Å². The number of nitrogens with one attached hydrogen (secondary N) is 1. The molecule has 2 heterocycles. The van der Waals surface area contributed by atoms with Crippen LogP contribution in [0.2, 0.25) is 0 Å². The molecule has 76 valence electrons. The molecule has 2 fully saturated rings. The van der Waals surface area contributed by atoms with Crippen molar-refractivity contribution in [3.63, 3.8) is 0 Å². The van der Waals surface area contributed by atoms with Gasteiger partial charge in [-0.1, -0.05) is 0 Å². The summed E-state index contributed by atoms with van der Waals surface area (Å²) in [5, 5.41) is 3.44. The molecule has 0 spiro atoms. The first-order valence-electron chi connectivity index (χ1n) is 5.30. The molecule has 2 aliphatic rings. The number of rotatable bonds is 3. The molecule has 1 saturated heterocycles. The fraction of sp³-hybridized carbons (Fsp3) is 0.700. The Labute approximate surface area is 83.3 Å². The highest BCUT2D eigenvalue weighted by Crippen LogP contribution is 2.27. The molecule has 4 nitrogen and oxygen atoms in total. The Balaban J connectivity index is 1.77. The summed E-state index contributed by atoms with van der Waals surface area (Å²) in [7, 11) is 0. The van der Waals surface area contributed by atoms with E-state index in [1.807, 2.05) is 12.4 Å². The minimum absolute atomic E-state index is 0.485. The number of hydrogen-bond acceptors (Lipinski definition) is 3. The highest BCUT2D eigenvalue weighted by atomic mass is 16.5. The molecule has 1 aliphatic carbocycles. The minimum atomic E-state index is 0.485. The van der Waals surface area contributed by atoms with E-state index in [1.54, 1.807) is 0 Å². The van der Waals surface area contributed by atoms with E-state index in [0.717, 1.165) is 25.6 Å². The van der Waals surface area contributed by atoms with E-state index < -0.39 is 0 Å². The van der Waals surface area contributed by atoms with Crippen molar-refractivity contribution in [1.82, 2.24) is 9.55 Å². The zero-order valence-electron chi connectivity index (χ0n) is 8.15. The number of ether oxygens (including phenoxy) is 1. The predicted molar refractivity (Wildman–Crippen MR) is 53.3 cm³/mol. The topological polar surface area (TPSA) is 39.1 Å². The fourth-order valence-corrected chi connectivity index (χ4v) is 1.87. The van der Waals surface area contributed by atoms with Crippen molar-refractivity contribution in [2.75, 3.05) is 18.5 Å². The van der Waals surface area contributed by atoms with Crippen LogP contribution in [0.4, 0.5) is 5.95 Å². The maximum atomic E-state index is 5.38. The molecule has 1 atom stereocenters. The summed E-state index contributed by atoms with van der Waals surface area (Å²) < 4.78 is 7.59. The first-order chi connectivity index (χ1) is 6.93. The van der Waals surface area contributed by atoms with Crippen molar-refractivity contribution in [1.29, 1.82) is 0 Å². The van der Waals surface area contributed by atoms with Gasteiger partial charge in [0, 0.05) is 25.0 Å². The molecule has 1 aliphatic heterocycles. The Morgan fingerprint density at radius 1 is 1.43 bits per heavy atom. The van der Waals surface area contributed by atoms with E-state index in [2.05, 4.69) is 14.9 Å². The smallest absolute Gasteiger partial charge is 0.203 e. The van der Waals surface area contributed by atoms with Gasteiger partial charge in [0.25, 0.3) is 0 Å². The lowest BCUT2D eigenvalue weighted by Gasteiger charge is -2.13. The second-order valence-corrected chi connectivity index (χ2v) is 4.09. The maximum Gasteiger partial charge on any atom is 0.203 e. The Kier molecular flexibility index (Phi) is 1.94. The van der Waals surface area contributed by atoms with Gasteiger partial charge in [-0.05, 0) is 19.3 Å². The van der Waals surface area contributed by atoms with Crippen LogP contribution in [0.5, 0.6) is 0 Å². The third-order valence-electron chi connectivity index (χ3n) is 2.88. The van der Waals surface area contributed by atoms with E-state index in [1.165, 1.54) is 12.8 Å². The first kappa shape index (κ1) is 8.29. The van der Waals surface area contributed by atoms with Gasteiger partial charge < -0.3 is 14.6 Å². The van der Waals surface area contributed by atoms with Crippen molar-refractivity contribution in [3.05, 3.63) is 12.4 Å². The average molecular weight is 193 g/mol. The quantitative estimate of drug-likeness (QED) is 0.789. The SMILES string of the molecule is c1cn(C2CCOC2)c(NC2CC2)n1. The van der Waals surface area contributed by atoms with Gasteiger partial charge in [-0.2, -0.15) is 0 Å². The Hall–Kier alpha value is -1.03. The molecule has 0 amide bonds. The third-order valence-corrected chi connectivity index (χ3v) is 2.88. The standard InChI is InChI=1S/C10H15N3O/c1-2-8(1)12-10-11-4-5-13(10)9-3-6-14-7-9/h4-5,8-9H,1-3,6-7H2,(H,11,12). The second kappa shape index (κ2) is 3.28. The number of aromatic nitrogens is 2. The molecular formula is C10H15N3O. The molecule has 1 N–H and O–H groups in total. The number of hydrogen-bond donors (Lipinski definition) is 1. The normalized spacial score (nSPS) is 26.7. The summed E-state index contributed by atoms with van der Waals surface area (Å²) in [5.41, 5.74) is 0. The molecule has 1 unspecified atom stereocenters. The summed E-state index contributed by atoms with van der Waals surface area (Å²) >= 11 is 0. The van der Waals surface area contributed by atoms with Crippen LogP contribution in [0.15, 0.2) is 12.4 Å². The summed E-state index contributed by atoms with van der Waals surface area (Å²) in [6, 6.07) is 1.15. The van der Waals surface area contributed by atoms with Crippen molar-refractivity contribution < 1.29 is 4.74 Å². The molecule has 3 rings (SSSR count). The van der Waals surface area contributed by atoms with Crippen LogP contribution in [0.1, 0.15) is 25.3 Å². The Bertz CT molecular complexity index is 313. The first-order valence-corrected chi connectivity index (χ1v) is 5.30. The van der Waals surface area contributed by atoms with Gasteiger partial charge >= 0.3 is 0 Å². The number of imidazole rings is 1. The minimum Gasteiger partial charge on any atom is -0.379 e. The lowest BCUT2D eigenvalue weighted by atomic mass is 10.2. The zero-order chi connectivity index (χ0) is 9.38. The van der Waals surface area contributed by atoms with Gasteiger partial charge in [0.2, 0.25) is 5.95 Å². The second-order valence-electron chi connectivity index (χ2n) is 4.09. The summed E-state index contributed by atoms with van der Waals surface area (Å²) in [4.78, 5) is 4.34. The maximum absolute atomic E-state index is 5.38. The average Bonchev–Trinajstić information content (AvgIpc) is 2.68. The highest BCUT2D eigenvalue weighted by molar-refractivity contribution is 5.30. The lowest BCUT2D eigenvalue weighted by molar-refractivity contribution is 0.187. The van der Waals surface area contributed by atoms with E-state index >= 15 is 0 Å². The van der Waals surface area contributed by atoms with E-state index in [0.29, 0.717) is 12.1 Å². The van der Waals surface area contributed by atoms with Crippen molar-refractivity contribution in [3.8, 4) is 0 Å². The largest absolute Gasteiger partial charge is 0.379 e. The number of anilines is 1. The van der Waals surface area contributed by atoms with Crippen LogP contribution in [0.3, 0.4) is 0 Å². The van der Waals surface area contributed by atoms with Gasteiger partial charge in [-0.25, -0.2) is 4.98 Å². The Morgan fingerprint density at radius 2 is 2.36 bits per heavy atom. The predicted octanol–water partition coefficient (Wildman–Crippen LogP) is 1.42. The van der Waals surface area contributed by atoms with Crippen LogP contribution in [0, 0.1) is 0 Å². The van der Waals surface area contributed by atoms with Crippen LogP contribution in [-0.4, -0.2) is 28.8 Å². The molecule has 0 bridgehead atoms. The summed E-state index contributed by atoms with van der Waals surface area (Å²) in [6.07, 6.45) is 7.59. The van der Waals surface area contributed by atoms with Crippen LogP contribution in [-0.2, 0) is 4.74 Å². The van der Waals surface area contributed by atoms with Gasteiger partial charge in [0.15, 0.2) is 0 Å². The van der Waals surface area contributed by atoms with Gasteiger partial charge in [-0.3, -0.25) is 0 Å². The molecule has 1 aromatic heterocycles. The molecular weight excluding hydrogens is 178 g/mol. The Morgan fingerprint density at radius 3 is 3.07 bits per heavy atom. The van der Waals surface area contributed by atoms with Crippen molar-refractivity contribution >= 4 is 5.95 Å². The number of nitrogens with zero attached hydrogens (tertiary/aromatic N) is 2. The van der Waals surface area contributed by atoms with Crippen LogP contribution < -0.4 is 5.32 Å². The molecule has 1 aromatic rings.